The normalized spacial score (nSPS) is 10.1. The molecule has 80 valence electrons. The van der Waals surface area contributed by atoms with E-state index in [-0.39, 0.29) is 11.5 Å². The van der Waals surface area contributed by atoms with E-state index in [4.69, 9.17) is 11.1 Å². The van der Waals surface area contributed by atoms with Crippen LogP contribution in [0.3, 0.4) is 0 Å². The lowest BCUT2D eigenvalue weighted by Gasteiger charge is -2.06. The van der Waals surface area contributed by atoms with Crippen molar-refractivity contribution in [2.45, 2.75) is 0 Å². The quantitative estimate of drug-likeness (QED) is 0.754. The fourth-order valence-electron chi connectivity index (χ4n) is 1.40. The zero-order chi connectivity index (χ0) is 11.5. The largest absolute Gasteiger partial charge is 0.383 e. The van der Waals surface area contributed by atoms with Crippen LogP contribution in [0.2, 0.25) is 0 Å². The van der Waals surface area contributed by atoms with E-state index in [1.54, 1.807) is 30.5 Å². The van der Waals surface area contributed by atoms with Crippen LogP contribution in [0.5, 0.6) is 0 Å². The van der Waals surface area contributed by atoms with Gasteiger partial charge in [0.15, 0.2) is 0 Å². The Bertz CT molecular complexity index is 520. The average molecular weight is 215 g/mol. The molecule has 16 heavy (non-hydrogen) atoms. The van der Waals surface area contributed by atoms with Gasteiger partial charge in [0.05, 0.1) is 5.71 Å². The second kappa shape index (κ2) is 4.10. The molecule has 1 heterocycles. The van der Waals surface area contributed by atoms with Gasteiger partial charge in [0.1, 0.15) is 11.6 Å². The summed E-state index contributed by atoms with van der Waals surface area (Å²) < 4.78 is 12.7. The van der Waals surface area contributed by atoms with Gasteiger partial charge in [-0.3, -0.25) is 5.41 Å². The molecule has 0 amide bonds. The topological polar surface area (TPSA) is 62.8 Å². The lowest BCUT2D eigenvalue weighted by Crippen LogP contribution is -2.06. The number of anilines is 1. The second-order valence-corrected chi connectivity index (χ2v) is 3.32. The maximum absolute atomic E-state index is 12.7. The van der Waals surface area contributed by atoms with Crippen molar-refractivity contribution in [1.82, 2.24) is 4.98 Å². The molecule has 1 aromatic heterocycles. The molecule has 0 aliphatic carbocycles. The zero-order valence-corrected chi connectivity index (χ0v) is 8.44. The van der Waals surface area contributed by atoms with E-state index in [0.29, 0.717) is 16.9 Å². The molecule has 0 aliphatic rings. The molecular formula is C12H10FN3. The number of halogens is 1. The van der Waals surface area contributed by atoms with Gasteiger partial charge in [0.2, 0.25) is 0 Å². The Morgan fingerprint density at radius 1 is 1.19 bits per heavy atom. The monoisotopic (exact) mass is 215 g/mol. The summed E-state index contributed by atoms with van der Waals surface area (Å²) >= 11 is 0. The van der Waals surface area contributed by atoms with Crippen molar-refractivity contribution in [3.05, 3.63) is 59.5 Å². The SMILES string of the molecule is N=C(c1ccc(F)cc1)c1cccnc1N. The van der Waals surface area contributed by atoms with Crippen molar-refractivity contribution in [2.24, 2.45) is 0 Å². The number of nitrogens with two attached hydrogens (primary N) is 1. The van der Waals surface area contributed by atoms with E-state index >= 15 is 0 Å². The lowest BCUT2D eigenvalue weighted by atomic mass is 10.0. The molecule has 1 aromatic carbocycles. The van der Waals surface area contributed by atoms with Gasteiger partial charge in [-0.05, 0) is 36.4 Å². The van der Waals surface area contributed by atoms with E-state index in [0.717, 1.165) is 0 Å². The van der Waals surface area contributed by atoms with E-state index in [1.807, 2.05) is 0 Å². The maximum Gasteiger partial charge on any atom is 0.132 e. The molecular weight excluding hydrogens is 205 g/mol. The van der Waals surface area contributed by atoms with Crippen molar-refractivity contribution in [3.63, 3.8) is 0 Å². The summed E-state index contributed by atoms with van der Waals surface area (Å²) in [5.41, 5.74) is 7.07. The number of benzene rings is 1. The highest BCUT2D eigenvalue weighted by Gasteiger charge is 2.08. The Labute approximate surface area is 92.3 Å². The minimum atomic E-state index is -0.323. The molecule has 0 spiro atoms. The van der Waals surface area contributed by atoms with Crippen molar-refractivity contribution in [2.75, 3.05) is 5.73 Å². The number of nitrogens with one attached hydrogen (secondary N) is 1. The molecule has 0 unspecified atom stereocenters. The van der Waals surface area contributed by atoms with Crippen LogP contribution < -0.4 is 5.73 Å². The third-order valence-corrected chi connectivity index (χ3v) is 2.24. The molecule has 0 saturated carbocycles. The number of aromatic nitrogens is 1. The van der Waals surface area contributed by atoms with Gasteiger partial charge in [-0.25, -0.2) is 9.37 Å². The number of pyridine rings is 1. The predicted octanol–water partition coefficient (Wildman–Crippen LogP) is 2.22. The summed E-state index contributed by atoms with van der Waals surface area (Å²) in [7, 11) is 0. The molecule has 0 aliphatic heterocycles. The van der Waals surface area contributed by atoms with Gasteiger partial charge in [-0.15, -0.1) is 0 Å². The van der Waals surface area contributed by atoms with Crippen LogP contribution in [-0.2, 0) is 0 Å². The fraction of sp³-hybridized carbons (Fsp3) is 0. The summed E-state index contributed by atoms with van der Waals surface area (Å²) in [4.78, 5) is 3.91. The smallest absolute Gasteiger partial charge is 0.132 e. The van der Waals surface area contributed by atoms with Crippen LogP contribution in [0.15, 0.2) is 42.6 Å². The van der Waals surface area contributed by atoms with Crippen LogP contribution in [0.4, 0.5) is 10.2 Å². The Morgan fingerprint density at radius 3 is 2.50 bits per heavy atom. The first kappa shape index (κ1) is 10.3. The number of rotatable bonds is 2. The first-order chi connectivity index (χ1) is 7.68. The highest BCUT2D eigenvalue weighted by atomic mass is 19.1. The van der Waals surface area contributed by atoms with Gasteiger partial charge < -0.3 is 5.73 Å². The Balaban J connectivity index is 2.40. The minimum Gasteiger partial charge on any atom is -0.383 e. The van der Waals surface area contributed by atoms with Crippen LogP contribution in [0.1, 0.15) is 11.1 Å². The van der Waals surface area contributed by atoms with Crippen molar-refractivity contribution in [3.8, 4) is 0 Å². The molecule has 4 heteroatoms. The van der Waals surface area contributed by atoms with E-state index in [9.17, 15) is 4.39 Å². The van der Waals surface area contributed by atoms with E-state index in [2.05, 4.69) is 4.98 Å². The molecule has 3 nitrogen and oxygen atoms in total. The van der Waals surface area contributed by atoms with Crippen LogP contribution in [0, 0.1) is 11.2 Å². The van der Waals surface area contributed by atoms with Crippen molar-refractivity contribution in [1.29, 1.82) is 5.41 Å². The number of nitrogens with zero attached hydrogens (tertiary/aromatic N) is 1. The van der Waals surface area contributed by atoms with E-state index < -0.39 is 0 Å². The predicted molar refractivity (Wildman–Crippen MR) is 61.0 cm³/mol. The second-order valence-electron chi connectivity index (χ2n) is 3.32. The first-order valence-electron chi connectivity index (χ1n) is 4.74. The zero-order valence-electron chi connectivity index (χ0n) is 8.44. The Kier molecular flexibility index (Phi) is 2.64. The maximum atomic E-state index is 12.7. The van der Waals surface area contributed by atoms with Gasteiger partial charge >= 0.3 is 0 Å². The average Bonchev–Trinajstić information content (AvgIpc) is 2.30. The molecule has 0 radical (unpaired) electrons. The highest BCUT2D eigenvalue weighted by Crippen LogP contribution is 2.14. The van der Waals surface area contributed by atoms with Crippen LogP contribution in [-0.4, -0.2) is 10.7 Å². The molecule has 0 atom stereocenters. The first-order valence-corrected chi connectivity index (χ1v) is 4.74. The van der Waals surface area contributed by atoms with Gasteiger partial charge in [-0.1, -0.05) is 0 Å². The fourth-order valence-corrected chi connectivity index (χ4v) is 1.40. The lowest BCUT2D eigenvalue weighted by molar-refractivity contribution is 0.628. The third kappa shape index (κ3) is 1.91. The van der Waals surface area contributed by atoms with Gasteiger partial charge in [0, 0.05) is 17.3 Å². The van der Waals surface area contributed by atoms with Crippen LogP contribution >= 0.6 is 0 Å². The summed E-state index contributed by atoms with van der Waals surface area (Å²) in [6.07, 6.45) is 1.57. The molecule has 3 N–H and O–H groups in total. The highest BCUT2D eigenvalue weighted by molar-refractivity contribution is 6.13. The summed E-state index contributed by atoms with van der Waals surface area (Å²) in [6, 6.07) is 9.15. The molecule has 2 rings (SSSR count). The summed E-state index contributed by atoms with van der Waals surface area (Å²) in [5, 5.41) is 7.94. The van der Waals surface area contributed by atoms with E-state index in [1.165, 1.54) is 12.1 Å². The number of hydrogen-bond acceptors (Lipinski definition) is 3. The van der Waals surface area contributed by atoms with Crippen molar-refractivity contribution < 1.29 is 4.39 Å². The molecule has 2 aromatic rings. The number of hydrogen-bond donors (Lipinski definition) is 2. The number of nitrogen functional groups attached to an aromatic ring is 1. The third-order valence-electron chi connectivity index (χ3n) is 2.24. The Morgan fingerprint density at radius 2 is 1.88 bits per heavy atom. The summed E-state index contributed by atoms with van der Waals surface area (Å²) in [6.45, 7) is 0. The minimum absolute atomic E-state index is 0.241. The standard InChI is InChI=1S/C12H10FN3/c13-9-5-3-8(4-6-9)11(14)10-2-1-7-16-12(10)15/h1-7,14H,(H2,15,16). The molecule has 0 fully saturated rings. The van der Waals surface area contributed by atoms with Crippen molar-refractivity contribution >= 4 is 11.5 Å². The molecule has 0 saturated heterocycles. The van der Waals surface area contributed by atoms with Gasteiger partial charge in [0.25, 0.3) is 0 Å². The summed E-state index contributed by atoms with van der Waals surface area (Å²) in [5.74, 6) is -0.0208. The Hall–Kier alpha value is -2.23. The van der Waals surface area contributed by atoms with Gasteiger partial charge in [-0.2, -0.15) is 0 Å². The van der Waals surface area contributed by atoms with Crippen LogP contribution in [0.25, 0.3) is 0 Å². The molecule has 0 bridgehead atoms.